The van der Waals surface area contributed by atoms with Crippen LogP contribution in [-0.4, -0.2) is 46.8 Å². The number of esters is 1. The van der Waals surface area contributed by atoms with Crippen molar-refractivity contribution in [2.75, 3.05) is 25.0 Å². The number of carbonyl (C=O) groups excluding carboxylic acids is 1. The minimum atomic E-state index is -0.494. The zero-order chi connectivity index (χ0) is 20.4. The van der Waals surface area contributed by atoms with Gasteiger partial charge in [0.15, 0.2) is 5.82 Å². The summed E-state index contributed by atoms with van der Waals surface area (Å²) in [6.45, 7) is 3.18. The SMILES string of the molecule is CCOC(=O)[C@H]1CNC[C@@H]1Nc1nc(-c2cc(F)ccc2O)nc2ccccc12. The molecule has 0 aliphatic carbocycles. The Morgan fingerprint density at radius 3 is 2.93 bits per heavy atom. The van der Waals surface area contributed by atoms with E-state index in [1.807, 2.05) is 24.3 Å². The van der Waals surface area contributed by atoms with E-state index in [4.69, 9.17) is 4.74 Å². The number of carbonyl (C=O) groups is 1. The predicted octanol–water partition coefficient (Wildman–Crippen LogP) is 2.70. The molecule has 29 heavy (non-hydrogen) atoms. The number of ether oxygens (including phenoxy) is 1. The number of aromatic nitrogens is 2. The summed E-state index contributed by atoms with van der Waals surface area (Å²) in [7, 11) is 0. The van der Waals surface area contributed by atoms with Gasteiger partial charge in [-0.05, 0) is 37.3 Å². The Morgan fingerprint density at radius 2 is 2.10 bits per heavy atom. The van der Waals surface area contributed by atoms with Crippen molar-refractivity contribution >= 4 is 22.7 Å². The molecule has 8 heteroatoms. The highest BCUT2D eigenvalue weighted by Gasteiger charge is 2.34. The van der Waals surface area contributed by atoms with Crippen LogP contribution in [0, 0.1) is 11.7 Å². The van der Waals surface area contributed by atoms with Crippen LogP contribution in [-0.2, 0) is 9.53 Å². The average molecular weight is 396 g/mol. The molecular formula is C21H21FN4O3. The van der Waals surface area contributed by atoms with Gasteiger partial charge in [-0.15, -0.1) is 0 Å². The number of nitrogens with zero attached hydrogens (tertiary/aromatic N) is 2. The molecular weight excluding hydrogens is 375 g/mol. The van der Waals surface area contributed by atoms with Gasteiger partial charge < -0.3 is 20.5 Å². The fraction of sp³-hybridized carbons (Fsp3) is 0.286. The molecule has 0 spiro atoms. The Bertz CT molecular complexity index is 1060. The van der Waals surface area contributed by atoms with E-state index >= 15 is 0 Å². The van der Waals surface area contributed by atoms with Crippen LogP contribution in [0.2, 0.25) is 0 Å². The predicted molar refractivity (Wildman–Crippen MR) is 107 cm³/mol. The third kappa shape index (κ3) is 3.84. The first-order valence-electron chi connectivity index (χ1n) is 9.46. The Labute approximate surface area is 166 Å². The molecule has 4 rings (SSSR count). The van der Waals surface area contributed by atoms with Crippen molar-refractivity contribution in [2.24, 2.45) is 5.92 Å². The number of rotatable bonds is 5. The minimum absolute atomic E-state index is 0.112. The van der Waals surface area contributed by atoms with Crippen LogP contribution in [0.4, 0.5) is 10.2 Å². The van der Waals surface area contributed by atoms with E-state index < -0.39 is 5.82 Å². The second kappa shape index (κ2) is 8.00. The summed E-state index contributed by atoms with van der Waals surface area (Å²) in [5.41, 5.74) is 0.840. The van der Waals surface area contributed by atoms with Gasteiger partial charge in [0.1, 0.15) is 17.4 Å². The van der Waals surface area contributed by atoms with Crippen molar-refractivity contribution in [1.29, 1.82) is 0 Å². The maximum Gasteiger partial charge on any atom is 0.312 e. The fourth-order valence-electron chi connectivity index (χ4n) is 3.50. The highest BCUT2D eigenvalue weighted by Crippen LogP contribution is 2.31. The van der Waals surface area contributed by atoms with Crippen molar-refractivity contribution < 1.29 is 19.0 Å². The topological polar surface area (TPSA) is 96.4 Å². The van der Waals surface area contributed by atoms with Gasteiger partial charge in [0, 0.05) is 18.5 Å². The van der Waals surface area contributed by atoms with Gasteiger partial charge in [-0.1, -0.05) is 12.1 Å². The first-order chi connectivity index (χ1) is 14.1. The molecule has 7 nitrogen and oxygen atoms in total. The quantitative estimate of drug-likeness (QED) is 0.571. The van der Waals surface area contributed by atoms with Gasteiger partial charge in [-0.3, -0.25) is 4.79 Å². The highest BCUT2D eigenvalue weighted by molar-refractivity contribution is 5.91. The Kier molecular flexibility index (Phi) is 5.26. The number of aromatic hydroxyl groups is 1. The number of benzene rings is 2. The van der Waals surface area contributed by atoms with E-state index in [1.54, 1.807) is 6.92 Å². The molecule has 1 aliphatic heterocycles. The molecule has 1 fully saturated rings. The molecule has 150 valence electrons. The normalized spacial score (nSPS) is 18.7. The maximum atomic E-state index is 13.7. The van der Waals surface area contributed by atoms with Crippen LogP contribution in [0.5, 0.6) is 5.75 Å². The Morgan fingerprint density at radius 1 is 1.28 bits per heavy atom. The zero-order valence-corrected chi connectivity index (χ0v) is 15.9. The molecule has 0 saturated carbocycles. The smallest absolute Gasteiger partial charge is 0.312 e. The number of anilines is 1. The van der Waals surface area contributed by atoms with Gasteiger partial charge in [0.05, 0.1) is 29.6 Å². The van der Waals surface area contributed by atoms with E-state index in [0.717, 1.165) is 5.39 Å². The standard InChI is InChI=1S/C21H21FN4O3/c1-2-29-21(28)15-10-23-11-17(15)25-19-13-5-3-4-6-16(13)24-20(26-19)14-9-12(22)7-8-18(14)27/h3-9,15,17,23,27H,2,10-11H2,1H3,(H,24,25,26)/t15-,17-/m0/s1. The molecule has 2 atom stereocenters. The summed E-state index contributed by atoms with van der Waals surface area (Å²) >= 11 is 0. The summed E-state index contributed by atoms with van der Waals surface area (Å²) in [5.74, 6) is -0.517. The Hall–Kier alpha value is -3.26. The third-order valence-corrected chi connectivity index (χ3v) is 4.93. The molecule has 3 aromatic rings. The number of fused-ring (bicyclic) bond motifs is 1. The third-order valence-electron chi connectivity index (χ3n) is 4.93. The summed E-state index contributed by atoms with van der Waals surface area (Å²) in [5, 5.41) is 17.5. The number of phenolic OH excluding ortho intramolecular Hbond substituents is 1. The number of nitrogens with one attached hydrogen (secondary N) is 2. The number of para-hydroxylation sites is 1. The lowest BCUT2D eigenvalue weighted by atomic mass is 10.0. The largest absolute Gasteiger partial charge is 0.507 e. The number of hydrogen-bond acceptors (Lipinski definition) is 7. The fourth-order valence-corrected chi connectivity index (χ4v) is 3.50. The lowest BCUT2D eigenvalue weighted by Gasteiger charge is -2.20. The molecule has 0 unspecified atom stereocenters. The molecule has 1 aromatic heterocycles. The van der Waals surface area contributed by atoms with Crippen molar-refractivity contribution in [2.45, 2.75) is 13.0 Å². The summed E-state index contributed by atoms with van der Waals surface area (Å²) in [6, 6.07) is 10.8. The van der Waals surface area contributed by atoms with Gasteiger partial charge in [0.2, 0.25) is 0 Å². The van der Waals surface area contributed by atoms with E-state index in [2.05, 4.69) is 20.6 Å². The summed E-state index contributed by atoms with van der Waals surface area (Å²) < 4.78 is 18.9. The Balaban J connectivity index is 1.75. The molecule has 0 radical (unpaired) electrons. The molecule has 2 heterocycles. The van der Waals surface area contributed by atoms with Crippen LogP contribution in [0.1, 0.15) is 6.92 Å². The van der Waals surface area contributed by atoms with Crippen molar-refractivity contribution in [3.63, 3.8) is 0 Å². The first kappa shape index (κ1) is 19.1. The zero-order valence-electron chi connectivity index (χ0n) is 15.9. The lowest BCUT2D eigenvalue weighted by Crippen LogP contribution is -2.35. The number of halogens is 1. The van der Waals surface area contributed by atoms with Crippen LogP contribution >= 0.6 is 0 Å². The minimum Gasteiger partial charge on any atom is -0.507 e. The first-order valence-corrected chi connectivity index (χ1v) is 9.46. The second-order valence-corrected chi connectivity index (χ2v) is 6.84. The maximum absolute atomic E-state index is 13.7. The molecule has 0 amide bonds. The van der Waals surface area contributed by atoms with Gasteiger partial charge in [-0.25, -0.2) is 14.4 Å². The van der Waals surface area contributed by atoms with Crippen LogP contribution in [0.3, 0.4) is 0 Å². The molecule has 0 bridgehead atoms. The van der Waals surface area contributed by atoms with Crippen molar-refractivity contribution in [3.05, 3.63) is 48.3 Å². The van der Waals surface area contributed by atoms with Gasteiger partial charge in [-0.2, -0.15) is 0 Å². The molecule has 1 aliphatic rings. The second-order valence-electron chi connectivity index (χ2n) is 6.84. The van der Waals surface area contributed by atoms with Crippen LogP contribution in [0.15, 0.2) is 42.5 Å². The van der Waals surface area contributed by atoms with E-state index in [9.17, 15) is 14.3 Å². The molecule has 1 saturated heterocycles. The van der Waals surface area contributed by atoms with Crippen LogP contribution in [0.25, 0.3) is 22.3 Å². The van der Waals surface area contributed by atoms with Crippen LogP contribution < -0.4 is 10.6 Å². The average Bonchev–Trinajstić information content (AvgIpc) is 3.18. The van der Waals surface area contributed by atoms with E-state index in [1.165, 1.54) is 18.2 Å². The van der Waals surface area contributed by atoms with Gasteiger partial charge in [0.25, 0.3) is 0 Å². The number of phenols is 1. The molecule has 2 aromatic carbocycles. The number of hydrogen-bond donors (Lipinski definition) is 3. The highest BCUT2D eigenvalue weighted by atomic mass is 19.1. The van der Waals surface area contributed by atoms with Crippen molar-refractivity contribution in [1.82, 2.24) is 15.3 Å². The van der Waals surface area contributed by atoms with E-state index in [-0.39, 0.29) is 35.1 Å². The van der Waals surface area contributed by atoms with Gasteiger partial charge >= 0.3 is 5.97 Å². The van der Waals surface area contributed by atoms with Crippen molar-refractivity contribution in [3.8, 4) is 17.1 Å². The summed E-state index contributed by atoms with van der Waals surface area (Å²) in [4.78, 5) is 21.3. The monoisotopic (exact) mass is 396 g/mol. The summed E-state index contributed by atoms with van der Waals surface area (Å²) in [6.07, 6.45) is 0. The molecule has 3 N–H and O–H groups in total. The van der Waals surface area contributed by atoms with E-state index in [0.29, 0.717) is 31.0 Å². The lowest BCUT2D eigenvalue weighted by molar-refractivity contribution is -0.147.